The van der Waals surface area contributed by atoms with Gasteiger partial charge in [0.05, 0.1) is 6.04 Å². The van der Waals surface area contributed by atoms with Crippen molar-refractivity contribution in [3.8, 4) is 0 Å². The van der Waals surface area contributed by atoms with E-state index in [0.717, 1.165) is 38.9 Å². The minimum Gasteiger partial charge on any atom is -0.341 e. The highest BCUT2D eigenvalue weighted by molar-refractivity contribution is 5.82. The molecule has 0 aliphatic carbocycles. The van der Waals surface area contributed by atoms with Crippen LogP contribution in [0.5, 0.6) is 0 Å². The molecule has 2 aliphatic rings. The van der Waals surface area contributed by atoms with Gasteiger partial charge in [-0.15, -0.1) is 0 Å². The van der Waals surface area contributed by atoms with Crippen molar-refractivity contribution in [1.82, 2.24) is 10.2 Å². The molecule has 1 amide bonds. The monoisotopic (exact) mass is 244 g/mol. The van der Waals surface area contributed by atoms with Crippen molar-refractivity contribution in [2.45, 2.75) is 31.2 Å². The second-order valence-electron chi connectivity index (χ2n) is 5.33. The van der Waals surface area contributed by atoms with Crippen LogP contribution in [-0.2, 0) is 4.79 Å². The summed E-state index contributed by atoms with van der Waals surface area (Å²) in [6.45, 7) is 2.80. The van der Waals surface area contributed by atoms with Crippen LogP contribution in [-0.4, -0.2) is 36.5 Å². The third-order valence-electron chi connectivity index (χ3n) is 4.13. The van der Waals surface area contributed by atoms with Crippen LogP contribution in [0.25, 0.3) is 0 Å². The molecule has 0 bridgehead atoms. The first-order valence-electron chi connectivity index (χ1n) is 6.92. The van der Waals surface area contributed by atoms with Crippen LogP contribution in [0.2, 0.25) is 0 Å². The molecule has 2 saturated heterocycles. The number of rotatable bonds is 2. The van der Waals surface area contributed by atoms with Gasteiger partial charge in [0.1, 0.15) is 0 Å². The molecule has 1 N–H and O–H groups in total. The SMILES string of the molecule is O=C([C@@H]1CCCN1)N1CCC(c2ccccc2)C1. The van der Waals surface area contributed by atoms with Gasteiger partial charge in [0.2, 0.25) is 5.91 Å². The van der Waals surface area contributed by atoms with E-state index >= 15 is 0 Å². The molecule has 2 atom stereocenters. The van der Waals surface area contributed by atoms with Gasteiger partial charge in [-0.1, -0.05) is 30.3 Å². The summed E-state index contributed by atoms with van der Waals surface area (Å²) in [4.78, 5) is 14.3. The lowest BCUT2D eigenvalue weighted by molar-refractivity contribution is -0.132. The van der Waals surface area contributed by atoms with Gasteiger partial charge >= 0.3 is 0 Å². The third kappa shape index (κ3) is 2.27. The Balaban J connectivity index is 1.63. The molecule has 3 rings (SSSR count). The lowest BCUT2D eigenvalue weighted by atomic mass is 9.99. The molecule has 0 spiro atoms. The third-order valence-corrected chi connectivity index (χ3v) is 4.13. The molecule has 2 fully saturated rings. The summed E-state index contributed by atoms with van der Waals surface area (Å²) in [5.74, 6) is 0.836. The van der Waals surface area contributed by atoms with E-state index in [2.05, 4.69) is 29.6 Å². The second kappa shape index (κ2) is 5.11. The smallest absolute Gasteiger partial charge is 0.239 e. The van der Waals surface area contributed by atoms with Crippen molar-refractivity contribution in [3.63, 3.8) is 0 Å². The van der Waals surface area contributed by atoms with Gasteiger partial charge in [-0.2, -0.15) is 0 Å². The van der Waals surface area contributed by atoms with Crippen molar-refractivity contribution in [3.05, 3.63) is 35.9 Å². The molecule has 3 heteroatoms. The first kappa shape index (κ1) is 11.7. The summed E-state index contributed by atoms with van der Waals surface area (Å²) < 4.78 is 0. The van der Waals surface area contributed by atoms with Gasteiger partial charge in [-0.3, -0.25) is 4.79 Å². The topological polar surface area (TPSA) is 32.3 Å². The Morgan fingerprint density at radius 2 is 2.06 bits per heavy atom. The van der Waals surface area contributed by atoms with Gasteiger partial charge in [0.25, 0.3) is 0 Å². The van der Waals surface area contributed by atoms with Gasteiger partial charge in [0.15, 0.2) is 0 Å². The highest BCUT2D eigenvalue weighted by atomic mass is 16.2. The molecule has 0 aromatic heterocycles. The predicted octanol–water partition coefficient (Wildman–Crippen LogP) is 1.75. The van der Waals surface area contributed by atoms with Crippen LogP contribution in [0.15, 0.2) is 30.3 Å². The van der Waals surface area contributed by atoms with Crippen molar-refractivity contribution in [1.29, 1.82) is 0 Å². The Hall–Kier alpha value is -1.35. The highest BCUT2D eigenvalue weighted by Gasteiger charge is 2.32. The molecule has 18 heavy (non-hydrogen) atoms. The quantitative estimate of drug-likeness (QED) is 0.859. The van der Waals surface area contributed by atoms with Crippen molar-refractivity contribution in [2.75, 3.05) is 19.6 Å². The van der Waals surface area contributed by atoms with E-state index in [9.17, 15) is 4.79 Å². The summed E-state index contributed by atoms with van der Waals surface area (Å²) in [6, 6.07) is 10.6. The minimum absolute atomic E-state index is 0.0829. The zero-order chi connectivity index (χ0) is 12.4. The normalized spacial score (nSPS) is 27.7. The van der Waals surface area contributed by atoms with Crippen molar-refractivity contribution >= 4 is 5.91 Å². The standard InChI is InChI=1S/C15H20N2O/c18-15(14-7-4-9-16-14)17-10-8-13(11-17)12-5-2-1-3-6-12/h1-3,5-6,13-14,16H,4,7-11H2/t13?,14-/m0/s1. The summed E-state index contributed by atoms with van der Waals surface area (Å²) in [6.07, 6.45) is 3.24. The van der Waals surface area contributed by atoms with Crippen LogP contribution in [0.4, 0.5) is 0 Å². The Morgan fingerprint density at radius 1 is 1.22 bits per heavy atom. The molecular formula is C15H20N2O. The molecule has 3 nitrogen and oxygen atoms in total. The van der Waals surface area contributed by atoms with Gasteiger partial charge < -0.3 is 10.2 Å². The van der Waals surface area contributed by atoms with Crippen LogP contribution in [0.1, 0.15) is 30.7 Å². The number of carbonyl (C=O) groups is 1. The van der Waals surface area contributed by atoms with E-state index in [1.165, 1.54) is 5.56 Å². The fourth-order valence-electron chi connectivity index (χ4n) is 3.07. The molecule has 0 saturated carbocycles. The van der Waals surface area contributed by atoms with E-state index in [1.54, 1.807) is 0 Å². The van der Waals surface area contributed by atoms with Crippen molar-refractivity contribution in [2.24, 2.45) is 0 Å². The second-order valence-corrected chi connectivity index (χ2v) is 5.33. The number of hydrogen-bond acceptors (Lipinski definition) is 2. The summed E-state index contributed by atoms with van der Waals surface area (Å²) >= 11 is 0. The number of amides is 1. The fourth-order valence-corrected chi connectivity index (χ4v) is 3.07. The Bertz CT molecular complexity index is 412. The van der Waals surface area contributed by atoms with E-state index < -0.39 is 0 Å². The summed E-state index contributed by atoms with van der Waals surface area (Å²) in [5.41, 5.74) is 1.37. The Morgan fingerprint density at radius 3 is 2.78 bits per heavy atom. The molecule has 2 heterocycles. The zero-order valence-corrected chi connectivity index (χ0v) is 10.6. The fraction of sp³-hybridized carbons (Fsp3) is 0.533. The lowest BCUT2D eigenvalue weighted by Crippen LogP contribution is -2.42. The Kier molecular flexibility index (Phi) is 3.33. The maximum absolute atomic E-state index is 12.3. The zero-order valence-electron chi connectivity index (χ0n) is 10.6. The highest BCUT2D eigenvalue weighted by Crippen LogP contribution is 2.27. The van der Waals surface area contributed by atoms with Crippen LogP contribution in [0, 0.1) is 0 Å². The molecule has 1 aromatic carbocycles. The first-order chi connectivity index (χ1) is 8.84. The molecule has 1 unspecified atom stereocenters. The van der Waals surface area contributed by atoms with E-state index in [-0.39, 0.29) is 6.04 Å². The maximum Gasteiger partial charge on any atom is 0.239 e. The number of nitrogens with one attached hydrogen (secondary N) is 1. The van der Waals surface area contributed by atoms with Gasteiger partial charge in [0, 0.05) is 19.0 Å². The first-order valence-corrected chi connectivity index (χ1v) is 6.92. The van der Waals surface area contributed by atoms with Crippen LogP contribution >= 0.6 is 0 Å². The summed E-state index contributed by atoms with van der Waals surface area (Å²) in [7, 11) is 0. The Labute approximate surface area is 108 Å². The molecule has 96 valence electrons. The number of nitrogens with zero attached hydrogens (tertiary/aromatic N) is 1. The number of benzene rings is 1. The summed E-state index contributed by atoms with van der Waals surface area (Å²) in [5, 5.41) is 3.30. The maximum atomic E-state index is 12.3. The van der Waals surface area contributed by atoms with Crippen LogP contribution < -0.4 is 5.32 Å². The van der Waals surface area contributed by atoms with E-state index in [4.69, 9.17) is 0 Å². The number of carbonyl (C=O) groups excluding carboxylic acids is 1. The molecule has 2 aliphatic heterocycles. The molecular weight excluding hydrogens is 224 g/mol. The minimum atomic E-state index is 0.0829. The largest absolute Gasteiger partial charge is 0.341 e. The average Bonchev–Trinajstić information content (AvgIpc) is 3.10. The van der Waals surface area contributed by atoms with Crippen molar-refractivity contribution < 1.29 is 4.79 Å². The number of likely N-dealkylation sites (tertiary alicyclic amines) is 1. The molecule has 1 aromatic rings. The lowest BCUT2D eigenvalue weighted by Gasteiger charge is -2.20. The van der Waals surface area contributed by atoms with Gasteiger partial charge in [-0.25, -0.2) is 0 Å². The average molecular weight is 244 g/mol. The van der Waals surface area contributed by atoms with Gasteiger partial charge in [-0.05, 0) is 31.4 Å². The molecule has 0 radical (unpaired) electrons. The van der Waals surface area contributed by atoms with E-state index in [0.29, 0.717) is 11.8 Å². The number of hydrogen-bond donors (Lipinski definition) is 1. The predicted molar refractivity (Wildman–Crippen MR) is 71.4 cm³/mol. The van der Waals surface area contributed by atoms with E-state index in [1.807, 2.05) is 11.0 Å². The van der Waals surface area contributed by atoms with Crippen LogP contribution in [0.3, 0.4) is 0 Å².